The number of anilines is 1. The van der Waals surface area contributed by atoms with Crippen LogP contribution in [0.3, 0.4) is 0 Å². The van der Waals surface area contributed by atoms with E-state index in [4.69, 9.17) is 23.2 Å². The standard InChI is InChI=1S/C19H20Cl2N2/c20-17-7-4-8-19(14-17)23-11-9-22(10-12-23)15-18(21)13-16-5-2-1-3-6-16/h1-8,13-14H,9-12,15H2/b18-13+. The van der Waals surface area contributed by atoms with E-state index in [0.29, 0.717) is 0 Å². The quantitative estimate of drug-likeness (QED) is 0.788. The van der Waals surface area contributed by atoms with Gasteiger partial charge in [-0.3, -0.25) is 4.90 Å². The van der Waals surface area contributed by atoms with Crippen LogP contribution in [0.4, 0.5) is 5.69 Å². The molecule has 0 aromatic heterocycles. The molecule has 1 aliphatic heterocycles. The van der Waals surface area contributed by atoms with Crippen LogP contribution in [0.15, 0.2) is 59.6 Å². The van der Waals surface area contributed by atoms with Crippen LogP contribution in [0.25, 0.3) is 6.08 Å². The average molecular weight is 347 g/mol. The van der Waals surface area contributed by atoms with E-state index in [-0.39, 0.29) is 0 Å². The van der Waals surface area contributed by atoms with Crippen molar-refractivity contribution in [2.75, 3.05) is 37.6 Å². The van der Waals surface area contributed by atoms with Crippen molar-refractivity contribution in [1.82, 2.24) is 4.90 Å². The van der Waals surface area contributed by atoms with Gasteiger partial charge in [0.2, 0.25) is 0 Å². The molecule has 0 amide bonds. The van der Waals surface area contributed by atoms with Crippen molar-refractivity contribution < 1.29 is 0 Å². The summed E-state index contributed by atoms with van der Waals surface area (Å²) in [6, 6.07) is 18.3. The molecular weight excluding hydrogens is 327 g/mol. The molecular formula is C19H20Cl2N2. The van der Waals surface area contributed by atoms with E-state index in [2.05, 4.69) is 28.0 Å². The Balaban J connectivity index is 1.54. The maximum Gasteiger partial charge on any atom is 0.0426 e. The Bertz CT molecular complexity index is 662. The first kappa shape index (κ1) is 16.4. The van der Waals surface area contributed by atoms with Crippen molar-refractivity contribution in [1.29, 1.82) is 0 Å². The van der Waals surface area contributed by atoms with Gasteiger partial charge in [0.25, 0.3) is 0 Å². The first-order valence-corrected chi connectivity index (χ1v) is 8.60. The Kier molecular flexibility index (Phi) is 5.60. The molecule has 0 spiro atoms. The zero-order valence-electron chi connectivity index (χ0n) is 13.0. The van der Waals surface area contributed by atoms with Crippen LogP contribution in [0, 0.1) is 0 Å². The van der Waals surface area contributed by atoms with E-state index in [9.17, 15) is 0 Å². The van der Waals surface area contributed by atoms with Crippen LogP contribution >= 0.6 is 23.2 Å². The average Bonchev–Trinajstić information content (AvgIpc) is 2.56. The monoisotopic (exact) mass is 346 g/mol. The van der Waals surface area contributed by atoms with E-state index in [1.165, 1.54) is 5.69 Å². The molecule has 1 heterocycles. The predicted molar refractivity (Wildman–Crippen MR) is 100 cm³/mol. The van der Waals surface area contributed by atoms with Crippen molar-refractivity contribution in [3.8, 4) is 0 Å². The normalized spacial score (nSPS) is 16.6. The van der Waals surface area contributed by atoms with Gasteiger partial charge >= 0.3 is 0 Å². The molecule has 0 unspecified atom stereocenters. The number of halogens is 2. The molecule has 2 aromatic carbocycles. The van der Waals surface area contributed by atoms with Crippen LogP contribution in [-0.4, -0.2) is 37.6 Å². The summed E-state index contributed by atoms with van der Waals surface area (Å²) in [6.07, 6.45) is 2.05. The smallest absolute Gasteiger partial charge is 0.0426 e. The van der Waals surface area contributed by atoms with Gasteiger partial charge < -0.3 is 4.90 Å². The van der Waals surface area contributed by atoms with Crippen molar-refractivity contribution in [3.05, 3.63) is 70.2 Å². The van der Waals surface area contributed by atoms with Crippen LogP contribution < -0.4 is 4.90 Å². The van der Waals surface area contributed by atoms with Gasteiger partial charge in [-0.2, -0.15) is 0 Å². The molecule has 4 heteroatoms. The number of nitrogens with zero attached hydrogens (tertiary/aromatic N) is 2. The highest BCUT2D eigenvalue weighted by molar-refractivity contribution is 6.31. The number of hydrogen-bond donors (Lipinski definition) is 0. The predicted octanol–water partition coefficient (Wildman–Crippen LogP) is 4.74. The van der Waals surface area contributed by atoms with Crippen LogP contribution in [-0.2, 0) is 0 Å². The van der Waals surface area contributed by atoms with Gasteiger partial charge in [-0.15, -0.1) is 0 Å². The maximum atomic E-state index is 6.41. The Morgan fingerprint density at radius 2 is 1.70 bits per heavy atom. The molecule has 0 N–H and O–H groups in total. The second kappa shape index (κ2) is 7.87. The lowest BCUT2D eigenvalue weighted by Gasteiger charge is -2.36. The third kappa shape index (κ3) is 4.74. The van der Waals surface area contributed by atoms with Gasteiger partial charge in [0.15, 0.2) is 0 Å². The fourth-order valence-corrected chi connectivity index (χ4v) is 3.31. The minimum Gasteiger partial charge on any atom is -0.369 e. The fourth-order valence-electron chi connectivity index (χ4n) is 2.83. The van der Waals surface area contributed by atoms with Gasteiger partial charge in [0.05, 0.1) is 0 Å². The van der Waals surface area contributed by atoms with Crippen molar-refractivity contribution in [2.45, 2.75) is 0 Å². The number of piperazine rings is 1. The number of benzene rings is 2. The summed E-state index contributed by atoms with van der Waals surface area (Å²) in [5.74, 6) is 0. The van der Waals surface area contributed by atoms with E-state index >= 15 is 0 Å². The van der Waals surface area contributed by atoms with Crippen LogP contribution in [0.1, 0.15) is 5.56 Å². The Hall–Kier alpha value is -1.48. The van der Waals surface area contributed by atoms with E-state index in [1.807, 2.05) is 42.5 Å². The summed E-state index contributed by atoms with van der Waals surface area (Å²) in [5, 5.41) is 1.67. The van der Waals surface area contributed by atoms with Crippen molar-refractivity contribution >= 4 is 35.0 Å². The van der Waals surface area contributed by atoms with Crippen molar-refractivity contribution in [3.63, 3.8) is 0 Å². The first-order chi connectivity index (χ1) is 11.2. The SMILES string of the molecule is Cl/C(=C/c1ccccc1)CN1CCN(c2cccc(Cl)c2)CC1. The lowest BCUT2D eigenvalue weighted by Crippen LogP contribution is -2.46. The molecule has 0 aliphatic carbocycles. The summed E-state index contributed by atoms with van der Waals surface area (Å²) >= 11 is 12.5. The minimum atomic E-state index is 0.791. The van der Waals surface area contributed by atoms with Gasteiger partial charge in [-0.1, -0.05) is 59.6 Å². The lowest BCUT2D eigenvalue weighted by molar-refractivity contribution is 0.282. The second-order valence-corrected chi connectivity index (χ2v) is 6.67. The number of rotatable bonds is 4. The highest BCUT2D eigenvalue weighted by Gasteiger charge is 2.17. The molecule has 2 aromatic rings. The summed E-state index contributed by atoms with van der Waals surface area (Å²) < 4.78 is 0. The highest BCUT2D eigenvalue weighted by atomic mass is 35.5. The maximum absolute atomic E-state index is 6.41. The molecule has 1 fully saturated rings. The van der Waals surface area contributed by atoms with Gasteiger partial charge in [-0.05, 0) is 29.8 Å². The topological polar surface area (TPSA) is 6.48 Å². The molecule has 0 radical (unpaired) electrons. The highest BCUT2D eigenvalue weighted by Crippen LogP contribution is 2.21. The van der Waals surface area contributed by atoms with Crippen LogP contribution in [0.2, 0.25) is 5.02 Å². The Morgan fingerprint density at radius 1 is 0.957 bits per heavy atom. The molecule has 2 nitrogen and oxygen atoms in total. The molecule has 0 saturated carbocycles. The minimum absolute atomic E-state index is 0.791. The van der Waals surface area contributed by atoms with Crippen molar-refractivity contribution in [2.24, 2.45) is 0 Å². The third-order valence-electron chi connectivity index (χ3n) is 4.04. The van der Waals surface area contributed by atoms with Crippen LogP contribution in [0.5, 0.6) is 0 Å². The van der Waals surface area contributed by atoms with E-state index in [1.54, 1.807) is 0 Å². The van der Waals surface area contributed by atoms with Gasteiger partial charge in [0, 0.05) is 48.5 Å². The Labute approximate surface area is 147 Å². The fraction of sp³-hybridized carbons (Fsp3) is 0.263. The molecule has 1 aliphatic rings. The summed E-state index contributed by atoms with van der Waals surface area (Å²) in [5.41, 5.74) is 2.35. The van der Waals surface area contributed by atoms with Gasteiger partial charge in [-0.25, -0.2) is 0 Å². The zero-order chi connectivity index (χ0) is 16.1. The van der Waals surface area contributed by atoms with Gasteiger partial charge in [0.1, 0.15) is 0 Å². The molecule has 0 atom stereocenters. The molecule has 1 saturated heterocycles. The summed E-state index contributed by atoms with van der Waals surface area (Å²) in [4.78, 5) is 4.76. The summed E-state index contributed by atoms with van der Waals surface area (Å²) in [6.45, 7) is 4.81. The summed E-state index contributed by atoms with van der Waals surface area (Å²) in [7, 11) is 0. The molecule has 23 heavy (non-hydrogen) atoms. The number of hydrogen-bond acceptors (Lipinski definition) is 2. The molecule has 3 rings (SSSR count). The Morgan fingerprint density at radius 3 is 2.39 bits per heavy atom. The molecule has 120 valence electrons. The molecule has 0 bridgehead atoms. The first-order valence-electron chi connectivity index (χ1n) is 7.85. The van der Waals surface area contributed by atoms with E-state index < -0.39 is 0 Å². The largest absolute Gasteiger partial charge is 0.369 e. The third-order valence-corrected chi connectivity index (χ3v) is 4.51. The second-order valence-electron chi connectivity index (χ2n) is 5.74. The zero-order valence-corrected chi connectivity index (χ0v) is 14.5. The lowest BCUT2D eigenvalue weighted by atomic mass is 10.2. The van der Waals surface area contributed by atoms with E-state index in [0.717, 1.165) is 48.3 Å².